The Kier molecular flexibility index (Phi) is 8.84. The summed E-state index contributed by atoms with van der Waals surface area (Å²) in [5.74, 6) is 0.609. The fraction of sp³-hybridized carbons (Fsp3) is 0.458. The van der Waals surface area contributed by atoms with Gasteiger partial charge in [-0.1, -0.05) is 25.5 Å². The Bertz CT molecular complexity index is 954. The molecule has 1 aliphatic rings. The molecule has 2 aromatic rings. The van der Waals surface area contributed by atoms with Crippen LogP contribution in [0.25, 0.3) is 11.1 Å². The molecule has 0 aliphatic heterocycles. The molecule has 6 heteroatoms. The topological polar surface area (TPSA) is 76.7 Å². The number of phenols is 1. The molecule has 162 valence electrons. The summed E-state index contributed by atoms with van der Waals surface area (Å²) in [6.07, 6.45) is 9.81. The highest BCUT2D eigenvalue weighted by atomic mass is 16.5. The molecule has 0 spiro atoms. The van der Waals surface area contributed by atoms with E-state index in [2.05, 4.69) is 9.98 Å². The van der Waals surface area contributed by atoms with Crippen molar-refractivity contribution < 1.29 is 9.84 Å². The number of rotatable bonds is 6. The predicted octanol–water partition coefficient (Wildman–Crippen LogP) is 5.00. The van der Waals surface area contributed by atoms with Gasteiger partial charge in [0.05, 0.1) is 6.10 Å². The van der Waals surface area contributed by atoms with Crippen molar-refractivity contribution in [2.45, 2.75) is 66.0 Å². The van der Waals surface area contributed by atoms with Crippen LogP contribution in [-0.2, 0) is 6.54 Å². The molecule has 1 N–H and O–H groups in total. The van der Waals surface area contributed by atoms with Crippen LogP contribution >= 0.6 is 0 Å². The number of aromatic hydroxyl groups is 1. The van der Waals surface area contributed by atoms with Gasteiger partial charge in [-0.25, -0.2) is 9.78 Å². The Morgan fingerprint density at radius 2 is 1.97 bits per heavy atom. The predicted molar refractivity (Wildman–Crippen MR) is 123 cm³/mol. The highest BCUT2D eigenvalue weighted by Crippen LogP contribution is 2.34. The van der Waals surface area contributed by atoms with Crippen molar-refractivity contribution in [2.75, 3.05) is 7.05 Å². The number of phenolic OH excluding ortho intramolecular Hbond substituents is 1. The molecule has 0 saturated heterocycles. The SMILES string of the molecule is CC.CN=C(C)/C=C(\C)Cn1cc(-c2ccc(O)c(OC3CCCC3)c2)cnc1=O. The van der Waals surface area contributed by atoms with E-state index in [0.717, 1.165) is 48.1 Å². The molecule has 1 aliphatic carbocycles. The van der Waals surface area contributed by atoms with E-state index in [1.165, 1.54) is 0 Å². The third-order valence-electron chi connectivity index (χ3n) is 4.97. The van der Waals surface area contributed by atoms with Gasteiger partial charge in [0.25, 0.3) is 0 Å². The van der Waals surface area contributed by atoms with E-state index in [1.807, 2.05) is 39.8 Å². The zero-order valence-electron chi connectivity index (χ0n) is 18.7. The number of benzene rings is 1. The molecule has 1 fully saturated rings. The Balaban J connectivity index is 0.00000155. The van der Waals surface area contributed by atoms with Crippen LogP contribution in [-0.4, -0.2) is 33.5 Å². The van der Waals surface area contributed by atoms with Crippen LogP contribution in [0, 0.1) is 0 Å². The number of ether oxygens (including phenoxy) is 1. The van der Waals surface area contributed by atoms with E-state index in [0.29, 0.717) is 12.3 Å². The van der Waals surface area contributed by atoms with Crippen LogP contribution in [0.2, 0.25) is 0 Å². The van der Waals surface area contributed by atoms with Crippen LogP contribution < -0.4 is 10.4 Å². The van der Waals surface area contributed by atoms with Crippen molar-refractivity contribution in [1.82, 2.24) is 9.55 Å². The second-order valence-corrected chi connectivity index (χ2v) is 7.32. The maximum Gasteiger partial charge on any atom is 0.347 e. The molecule has 0 bridgehead atoms. The van der Waals surface area contributed by atoms with Gasteiger partial charge in [-0.3, -0.25) is 9.56 Å². The molecule has 30 heavy (non-hydrogen) atoms. The summed E-state index contributed by atoms with van der Waals surface area (Å²) in [4.78, 5) is 20.3. The zero-order valence-corrected chi connectivity index (χ0v) is 18.7. The van der Waals surface area contributed by atoms with Gasteiger partial charge in [-0.05, 0) is 63.3 Å². The summed E-state index contributed by atoms with van der Waals surface area (Å²) >= 11 is 0. The molecule has 3 rings (SSSR count). The normalized spacial score (nSPS) is 15.0. The molecule has 0 unspecified atom stereocenters. The number of aliphatic imine (C=N–C) groups is 1. The minimum absolute atomic E-state index is 0.130. The van der Waals surface area contributed by atoms with Crippen molar-refractivity contribution in [3.8, 4) is 22.6 Å². The maximum absolute atomic E-state index is 12.2. The van der Waals surface area contributed by atoms with Gasteiger partial charge in [-0.2, -0.15) is 0 Å². The molecule has 0 amide bonds. The van der Waals surface area contributed by atoms with Crippen LogP contribution in [0.15, 0.2) is 52.0 Å². The zero-order chi connectivity index (χ0) is 22.1. The summed E-state index contributed by atoms with van der Waals surface area (Å²) in [6.45, 7) is 8.32. The molecule has 0 atom stereocenters. The lowest BCUT2D eigenvalue weighted by molar-refractivity contribution is 0.202. The average molecular weight is 412 g/mol. The molecule has 6 nitrogen and oxygen atoms in total. The van der Waals surface area contributed by atoms with E-state index in [1.54, 1.807) is 36.1 Å². The molecule has 0 radical (unpaired) electrons. The Morgan fingerprint density at radius 3 is 2.63 bits per heavy atom. The minimum atomic E-state index is -0.302. The molecule has 1 aromatic carbocycles. The van der Waals surface area contributed by atoms with Crippen molar-refractivity contribution in [1.29, 1.82) is 0 Å². The summed E-state index contributed by atoms with van der Waals surface area (Å²) in [7, 11) is 1.74. The minimum Gasteiger partial charge on any atom is -0.504 e. The lowest BCUT2D eigenvalue weighted by atomic mass is 10.1. The first kappa shape index (κ1) is 23.4. The Labute approximate surface area is 179 Å². The van der Waals surface area contributed by atoms with E-state index >= 15 is 0 Å². The highest BCUT2D eigenvalue weighted by molar-refractivity contribution is 5.93. The van der Waals surface area contributed by atoms with Gasteiger partial charge in [0.15, 0.2) is 11.5 Å². The molecular formula is C24H33N3O3. The van der Waals surface area contributed by atoms with Gasteiger partial charge in [-0.15, -0.1) is 0 Å². The first-order valence-electron chi connectivity index (χ1n) is 10.6. The molecule has 1 saturated carbocycles. The van der Waals surface area contributed by atoms with Crippen molar-refractivity contribution >= 4 is 5.71 Å². The maximum atomic E-state index is 12.2. The Morgan fingerprint density at radius 1 is 1.27 bits per heavy atom. The van der Waals surface area contributed by atoms with Crippen molar-refractivity contribution in [2.24, 2.45) is 4.99 Å². The van der Waals surface area contributed by atoms with E-state index in [-0.39, 0.29) is 17.5 Å². The van der Waals surface area contributed by atoms with Crippen LogP contribution in [0.5, 0.6) is 11.5 Å². The number of nitrogens with zero attached hydrogens (tertiary/aromatic N) is 3. The van der Waals surface area contributed by atoms with Crippen LogP contribution in [0.3, 0.4) is 0 Å². The third-order valence-corrected chi connectivity index (χ3v) is 4.97. The Hall–Kier alpha value is -2.89. The number of allylic oxidation sites excluding steroid dienone is 2. The first-order chi connectivity index (χ1) is 14.5. The van der Waals surface area contributed by atoms with Crippen LogP contribution in [0.1, 0.15) is 53.4 Å². The highest BCUT2D eigenvalue weighted by Gasteiger charge is 2.18. The van der Waals surface area contributed by atoms with Crippen LogP contribution in [0.4, 0.5) is 0 Å². The fourth-order valence-electron chi connectivity index (χ4n) is 3.43. The largest absolute Gasteiger partial charge is 0.504 e. The van der Waals surface area contributed by atoms with Crippen molar-refractivity contribution in [3.05, 3.63) is 52.7 Å². The summed E-state index contributed by atoms with van der Waals surface area (Å²) in [5, 5.41) is 10.2. The number of hydrogen-bond donors (Lipinski definition) is 1. The molecule has 1 heterocycles. The van der Waals surface area contributed by atoms with Gasteiger partial charge in [0, 0.05) is 37.3 Å². The fourth-order valence-corrected chi connectivity index (χ4v) is 3.43. The van der Waals surface area contributed by atoms with E-state index in [4.69, 9.17) is 4.74 Å². The van der Waals surface area contributed by atoms with Gasteiger partial charge >= 0.3 is 5.69 Å². The average Bonchev–Trinajstić information content (AvgIpc) is 3.26. The second kappa shape index (κ2) is 11.3. The van der Waals surface area contributed by atoms with E-state index in [9.17, 15) is 9.90 Å². The van der Waals surface area contributed by atoms with Crippen molar-refractivity contribution in [3.63, 3.8) is 0 Å². The first-order valence-corrected chi connectivity index (χ1v) is 10.6. The third kappa shape index (κ3) is 6.31. The second-order valence-electron chi connectivity index (χ2n) is 7.32. The summed E-state index contributed by atoms with van der Waals surface area (Å²) in [5.41, 5.74) is 3.26. The monoisotopic (exact) mass is 411 g/mol. The quantitative estimate of drug-likeness (QED) is 0.679. The van der Waals surface area contributed by atoms with Gasteiger partial charge < -0.3 is 9.84 Å². The number of aromatic nitrogens is 2. The number of hydrogen-bond acceptors (Lipinski definition) is 5. The summed E-state index contributed by atoms with van der Waals surface area (Å²) < 4.78 is 7.56. The lowest BCUT2D eigenvalue weighted by Gasteiger charge is -2.15. The smallest absolute Gasteiger partial charge is 0.347 e. The lowest BCUT2D eigenvalue weighted by Crippen LogP contribution is -2.22. The molecule has 1 aromatic heterocycles. The van der Waals surface area contributed by atoms with E-state index < -0.39 is 0 Å². The van der Waals surface area contributed by atoms with Gasteiger partial charge in [0.2, 0.25) is 0 Å². The standard InChI is InChI=1S/C22H27N3O3.C2H6/c1-15(10-16(2)23-3)13-25-14-18(12-24-22(25)27)17-8-9-20(26)21(11-17)28-19-6-4-5-7-19;1-2/h8-12,14,19,26H,4-7,13H2,1-3H3;1-2H3/b15-10+,23-16?;. The summed E-state index contributed by atoms with van der Waals surface area (Å²) in [6, 6.07) is 5.25. The molecular weight excluding hydrogens is 378 g/mol. The van der Waals surface area contributed by atoms with Gasteiger partial charge in [0.1, 0.15) is 0 Å².